The molecule has 11 nitrogen and oxygen atoms in total. The molecule has 1 aromatic carbocycles. The number of hydroxylamine groups is 2. The summed E-state index contributed by atoms with van der Waals surface area (Å²) in [7, 11) is 0. The number of hydrogen-bond donors (Lipinski definition) is 1. The van der Waals surface area contributed by atoms with Gasteiger partial charge >= 0.3 is 18.2 Å². The third-order valence-corrected chi connectivity index (χ3v) is 4.12. The molecule has 34 heavy (non-hydrogen) atoms. The van der Waals surface area contributed by atoms with E-state index in [-0.39, 0.29) is 25.0 Å². The molecule has 0 bridgehead atoms. The van der Waals surface area contributed by atoms with E-state index in [4.69, 9.17) is 19.0 Å². The molecule has 0 aromatic heterocycles. The molecule has 1 aromatic rings. The van der Waals surface area contributed by atoms with Crippen molar-refractivity contribution < 1.29 is 43.0 Å². The van der Waals surface area contributed by atoms with Gasteiger partial charge in [-0.25, -0.2) is 14.4 Å². The number of nitrogens with zero attached hydrogens (tertiary/aromatic N) is 1. The smallest absolute Gasteiger partial charge is 0.444 e. The van der Waals surface area contributed by atoms with Crippen molar-refractivity contribution in [3.8, 4) is 5.75 Å². The van der Waals surface area contributed by atoms with Gasteiger partial charge in [0.1, 0.15) is 23.0 Å². The Balaban J connectivity index is 2.11. The van der Waals surface area contributed by atoms with Crippen LogP contribution in [0.3, 0.4) is 0 Å². The second-order valence-electron chi connectivity index (χ2n) is 9.61. The van der Waals surface area contributed by atoms with Crippen LogP contribution in [0.5, 0.6) is 5.75 Å². The van der Waals surface area contributed by atoms with E-state index < -0.39 is 47.3 Å². The summed E-state index contributed by atoms with van der Waals surface area (Å²) in [6.45, 7) is 10.1. The number of carbonyl (C=O) groups is 5. The van der Waals surface area contributed by atoms with Gasteiger partial charge in [0, 0.05) is 19.3 Å². The van der Waals surface area contributed by atoms with Crippen molar-refractivity contribution in [2.45, 2.75) is 78.0 Å². The van der Waals surface area contributed by atoms with Crippen molar-refractivity contribution in [1.29, 1.82) is 0 Å². The van der Waals surface area contributed by atoms with Crippen LogP contribution in [-0.2, 0) is 35.1 Å². The zero-order valence-electron chi connectivity index (χ0n) is 20.1. The molecule has 1 aliphatic heterocycles. The van der Waals surface area contributed by atoms with E-state index >= 15 is 0 Å². The van der Waals surface area contributed by atoms with E-state index in [9.17, 15) is 24.0 Å². The minimum Gasteiger partial charge on any atom is -0.444 e. The zero-order chi connectivity index (χ0) is 25.7. The normalized spacial score (nSPS) is 14.9. The number of hydrogen-bond acceptors (Lipinski definition) is 9. The van der Waals surface area contributed by atoms with Crippen LogP contribution in [0.15, 0.2) is 24.3 Å². The number of benzene rings is 1. The Labute approximate surface area is 197 Å². The topological polar surface area (TPSA) is 138 Å². The van der Waals surface area contributed by atoms with Gasteiger partial charge in [-0.1, -0.05) is 12.1 Å². The highest BCUT2D eigenvalue weighted by Crippen LogP contribution is 2.18. The second kappa shape index (κ2) is 10.5. The second-order valence-corrected chi connectivity index (χ2v) is 9.61. The number of ether oxygens (including phenoxy) is 3. The SMILES string of the molecule is CC(C)(C)OC(=O)N[C@@H](Cc1ccc(OC(=O)OC(C)(C)C)cc1)C(=O)ON1C(=O)CCC1=O. The predicted molar refractivity (Wildman–Crippen MR) is 117 cm³/mol. The fourth-order valence-corrected chi connectivity index (χ4v) is 2.75. The molecule has 186 valence electrons. The molecule has 1 aliphatic rings. The summed E-state index contributed by atoms with van der Waals surface area (Å²) in [5, 5.41) is 2.81. The molecule has 1 saturated heterocycles. The Bertz CT molecular complexity index is 927. The molecule has 0 saturated carbocycles. The maximum absolute atomic E-state index is 12.7. The van der Waals surface area contributed by atoms with Gasteiger partial charge in [-0.2, -0.15) is 0 Å². The lowest BCUT2D eigenvalue weighted by Crippen LogP contribution is -2.48. The van der Waals surface area contributed by atoms with Crippen LogP contribution >= 0.6 is 0 Å². The fraction of sp³-hybridized carbons (Fsp3) is 0.522. The maximum atomic E-state index is 12.7. The highest BCUT2D eigenvalue weighted by Gasteiger charge is 2.36. The highest BCUT2D eigenvalue weighted by molar-refractivity contribution is 6.01. The molecule has 0 aliphatic carbocycles. The highest BCUT2D eigenvalue weighted by atomic mass is 16.7. The molecule has 0 spiro atoms. The molecule has 3 amide bonds. The van der Waals surface area contributed by atoms with Crippen molar-refractivity contribution in [2.24, 2.45) is 0 Å². The Morgan fingerprint density at radius 3 is 1.94 bits per heavy atom. The van der Waals surface area contributed by atoms with Gasteiger partial charge in [0.15, 0.2) is 0 Å². The van der Waals surface area contributed by atoms with E-state index in [0.717, 1.165) is 0 Å². The van der Waals surface area contributed by atoms with Crippen LogP contribution in [0.1, 0.15) is 59.9 Å². The molecule has 0 radical (unpaired) electrons. The van der Waals surface area contributed by atoms with Gasteiger partial charge in [-0.05, 0) is 59.2 Å². The van der Waals surface area contributed by atoms with Crippen molar-refractivity contribution in [3.63, 3.8) is 0 Å². The predicted octanol–water partition coefficient (Wildman–Crippen LogP) is 3.04. The minimum atomic E-state index is -1.27. The monoisotopic (exact) mass is 478 g/mol. The Morgan fingerprint density at radius 1 is 0.912 bits per heavy atom. The molecule has 1 heterocycles. The van der Waals surface area contributed by atoms with Crippen LogP contribution in [-0.4, -0.2) is 52.3 Å². The van der Waals surface area contributed by atoms with Crippen molar-refractivity contribution in [1.82, 2.24) is 10.4 Å². The summed E-state index contributed by atoms with van der Waals surface area (Å²) in [5.41, 5.74) is -0.968. The quantitative estimate of drug-likeness (QED) is 0.371. The van der Waals surface area contributed by atoms with Crippen molar-refractivity contribution in [2.75, 3.05) is 0 Å². The van der Waals surface area contributed by atoms with Crippen molar-refractivity contribution >= 4 is 30.0 Å². The van der Waals surface area contributed by atoms with E-state index in [0.29, 0.717) is 10.6 Å². The number of carbonyl (C=O) groups excluding carboxylic acids is 5. The number of imide groups is 1. The van der Waals surface area contributed by atoms with Crippen LogP contribution in [0.2, 0.25) is 0 Å². The third kappa shape index (κ3) is 8.72. The number of rotatable bonds is 6. The van der Waals surface area contributed by atoms with Gasteiger partial charge in [0.25, 0.3) is 11.8 Å². The average Bonchev–Trinajstić information content (AvgIpc) is 2.98. The molecular weight excluding hydrogens is 448 g/mol. The number of amides is 3. The summed E-state index contributed by atoms with van der Waals surface area (Å²) in [6.07, 6.45) is -1.92. The molecule has 1 fully saturated rings. The summed E-state index contributed by atoms with van der Waals surface area (Å²) in [5.74, 6) is -2.08. The summed E-state index contributed by atoms with van der Waals surface area (Å²) in [6, 6.07) is 4.85. The summed E-state index contributed by atoms with van der Waals surface area (Å²) in [4.78, 5) is 65.3. The Morgan fingerprint density at radius 2 is 1.44 bits per heavy atom. The van der Waals surface area contributed by atoms with E-state index in [2.05, 4.69) is 5.32 Å². The molecule has 2 rings (SSSR count). The van der Waals surface area contributed by atoms with E-state index in [1.54, 1.807) is 53.7 Å². The molecule has 0 unspecified atom stereocenters. The van der Waals surface area contributed by atoms with Crippen LogP contribution in [0, 0.1) is 0 Å². The van der Waals surface area contributed by atoms with Gasteiger partial charge < -0.3 is 24.4 Å². The van der Waals surface area contributed by atoms with Crippen molar-refractivity contribution in [3.05, 3.63) is 29.8 Å². The van der Waals surface area contributed by atoms with Gasteiger partial charge in [-0.15, -0.1) is 5.06 Å². The molecular formula is C23H30N2O9. The van der Waals surface area contributed by atoms with Gasteiger partial charge in [-0.3, -0.25) is 9.59 Å². The molecule has 11 heteroatoms. The van der Waals surface area contributed by atoms with E-state index in [1.165, 1.54) is 12.1 Å². The summed E-state index contributed by atoms with van der Waals surface area (Å²) < 4.78 is 15.4. The average molecular weight is 478 g/mol. The lowest BCUT2D eigenvalue weighted by Gasteiger charge is -2.24. The van der Waals surface area contributed by atoms with E-state index in [1.807, 2.05) is 0 Å². The lowest BCUT2D eigenvalue weighted by atomic mass is 10.1. The summed E-state index contributed by atoms with van der Waals surface area (Å²) >= 11 is 0. The minimum absolute atomic E-state index is 0.0545. The molecule has 1 N–H and O–H groups in total. The fourth-order valence-electron chi connectivity index (χ4n) is 2.75. The first-order chi connectivity index (χ1) is 15.6. The van der Waals surface area contributed by atoms with Gasteiger partial charge in [0.05, 0.1) is 0 Å². The standard InChI is InChI=1S/C23H30N2O9/c1-22(2,3)32-20(29)24-16(19(28)34-25-17(26)11-12-18(25)27)13-14-7-9-15(10-8-14)31-21(30)33-23(4,5)6/h7-10,16H,11-13H2,1-6H3,(H,24,29)/t16-/m0/s1. The lowest BCUT2D eigenvalue weighted by molar-refractivity contribution is -0.198. The van der Waals surface area contributed by atoms with Crippen LogP contribution < -0.4 is 10.1 Å². The number of alkyl carbamates (subject to hydrolysis) is 1. The Hall–Kier alpha value is -3.63. The van der Waals surface area contributed by atoms with Crippen LogP contribution in [0.4, 0.5) is 9.59 Å². The van der Waals surface area contributed by atoms with Crippen LogP contribution in [0.25, 0.3) is 0 Å². The zero-order valence-corrected chi connectivity index (χ0v) is 20.1. The molecule has 1 atom stereocenters. The maximum Gasteiger partial charge on any atom is 0.514 e. The Kier molecular flexibility index (Phi) is 8.25. The number of nitrogens with one attached hydrogen (secondary N) is 1. The van der Waals surface area contributed by atoms with Gasteiger partial charge in [0.2, 0.25) is 0 Å². The first-order valence-electron chi connectivity index (χ1n) is 10.7. The largest absolute Gasteiger partial charge is 0.514 e. The first kappa shape index (κ1) is 26.6. The first-order valence-corrected chi connectivity index (χ1v) is 10.7. The third-order valence-electron chi connectivity index (χ3n) is 4.12.